The Morgan fingerprint density at radius 1 is 1.12 bits per heavy atom. The van der Waals surface area contributed by atoms with Gasteiger partial charge in [-0.25, -0.2) is 28.7 Å². The highest BCUT2D eigenvalue weighted by atomic mass is 32.1. The van der Waals surface area contributed by atoms with Crippen LogP contribution in [-0.4, -0.2) is 37.6 Å². The molecule has 1 fully saturated rings. The summed E-state index contributed by atoms with van der Waals surface area (Å²) in [6, 6.07) is 2.46. The third kappa shape index (κ3) is 4.28. The average Bonchev–Trinajstić information content (AvgIpc) is 3.29. The minimum Gasteiger partial charge on any atom is -0.317 e. The average molecular weight is 484 g/mol. The first-order valence-corrected chi connectivity index (χ1v) is 12.0. The van der Waals surface area contributed by atoms with Crippen LogP contribution in [0.25, 0.3) is 22.3 Å². The van der Waals surface area contributed by atoms with Gasteiger partial charge in [0.1, 0.15) is 11.2 Å². The molecular weight excluding hydrogens is 460 g/mol. The smallest absolute Gasteiger partial charge is 0.269 e. The van der Waals surface area contributed by atoms with E-state index in [-0.39, 0.29) is 39.8 Å². The van der Waals surface area contributed by atoms with E-state index in [0.29, 0.717) is 11.0 Å². The van der Waals surface area contributed by atoms with Crippen LogP contribution in [0.2, 0.25) is 0 Å². The fraction of sp³-hybridized carbons (Fsp3) is 0.348. The molecule has 8 nitrogen and oxygen atoms in total. The SMILES string of the molecule is CC(C)n1c(=O)cnc2c(F)cc(-c3nc(Nc4nc(C5CCNCC5)cs4)ncc3F)cc21. The lowest BCUT2D eigenvalue weighted by molar-refractivity contribution is 0.455. The molecule has 5 rings (SSSR count). The number of hydrogen-bond donors (Lipinski definition) is 2. The lowest BCUT2D eigenvalue weighted by Gasteiger charge is -2.20. The van der Waals surface area contributed by atoms with Gasteiger partial charge in [0.05, 0.1) is 23.6 Å². The zero-order valence-corrected chi connectivity index (χ0v) is 19.5. The van der Waals surface area contributed by atoms with Gasteiger partial charge in [0, 0.05) is 22.9 Å². The second-order valence-corrected chi connectivity index (χ2v) is 9.36. The van der Waals surface area contributed by atoms with E-state index in [0.717, 1.165) is 50.1 Å². The van der Waals surface area contributed by atoms with Gasteiger partial charge in [0.15, 0.2) is 16.8 Å². The molecule has 34 heavy (non-hydrogen) atoms. The molecule has 4 aromatic rings. The highest BCUT2D eigenvalue weighted by Gasteiger charge is 2.20. The van der Waals surface area contributed by atoms with Crippen molar-refractivity contribution >= 4 is 33.5 Å². The van der Waals surface area contributed by atoms with Crippen LogP contribution in [0.15, 0.2) is 34.7 Å². The van der Waals surface area contributed by atoms with Gasteiger partial charge in [-0.05, 0) is 51.9 Å². The molecule has 0 atom stereocenters. The first-order chi connectivity index (χ1) is 16.4. The molecule has 0 bridgehead atoms. The quantitative estimate of drug-likeness (QED) is 0.435. The summed E-state index contributed by atoms with van der Waals surface area (Å²) in [6.07, 6.45) is 4.19. The maximum absolute atomic E-state index is 14.9. The van der Waals surface area contributed by atoms with E-state index in [1.807, 2.05) is 19.2 Å². The highest BCUT2D eigenvalue weighted by molar-refractivity contribution is 7.13. The molecule has 2 N–H and O–H groups in total. The summed E-state index contributed by atoms with van der Waals surface area (Å²) in [6.45, 7) is 5.56. The van der Waals surface area contributed by atoms with Crippen molar-refractivity contribution in [2.45, 2.75) is 38.6 Å². The van der Waals surface area contributed by atoms with Crippen molar-refractivity contribution in [2.75, 3.05) is 18.4 Å². The van der Waals surface area contributed by atoms with E-state index < -0.39 is 11.6 Å². The summed E-state index contributed by atoms with van der Waals surface area (Å²) >= 11 is 1.43. The first-order valence-electron chi connectivity index (χ1n) is 11.1. The molecule has 4 heterocycles. The number of anilines is 2. The molecule has 0 saturated carbocycles. The van der Waals surface area contributed by atoms with Crippen LogP contribution in [-0.2, 0) is 0 Å². The Morgan fingerprint density at radius 3 is 2.68 bits per heavy atom. The van der Waals surface area contributed by atoms with Crippen LogP contribution < -0.4 is 16.2 Å². The Bertz CT molecular complexity index is 1410. The molecule has 1 aliphatic heterocycles. The molecule has 3 aromatic heterocycles. The van der Waals surface area contributed by atoms with E-state index in [1.165, 1.54) is 22.0 Å². The molecule has 1 aromatic carbocycles. The van der Waals surface area contributed by atoms with Gasteiger partial charge in [0.2, 0.25) is 5.95 Å². The Balaban J connectivity index is 1.50. The fourth-order valence-electron chi connectivity index (χ4n) is 4.24. The van der Waals surface area contributed by atoms with Crippen molar-refractivity contribution in [1.82, 2.24) is 29.8 Å². The van der Waals surface area contributed by atoms with Crippen LogP contribution >= 0.6 is 11.3 Å². The summed E-state index contributed by atoms with van der Waals surface area (Å²) in [5, 5.41) is 8.99. The van der Waals surface area contributed by atoms with E-state index >= 15 is 0 Å². The Hall–Kier alpha value is -3.31. The van der Waals surface area contributed by atoms with Gasteiger partial charge < -0.3 is 15.2 Å². The molecule has 0 radical (unpaired) electrons. The number of benzene rings is 1. The Labute approximate surface area is 198 Å². The maximum Gasteiger partial charge on any atom is 0.269 e. The minimum absolute atomic E-state index is 0.0399. The minimum atomic E-state index is -0.707. The van der Waals surface area contributed by atoms with Crippen LogP contribution in [0.5, 0.6) is 0 Å². The largest absolute Gasteiger partial charge is 0.317 e. The third-order valence-corrected chi connectivity index (χ3v) is 6.65. The van der Waals surface area contributed by atoms with Crippen molar-refractivity contribution in [3.05, 3.63) is 57.6 Å². The summed E-state index contributed by atoms with van der Waals surface area (Å²) < 4.78 is 31.0. The Morgan fingerprint density at radius 2 is 1.91 bits per heavy atom. The molecular formula is C23H23F2N7OS. The molecule has 176 valence electrons. The summed E-state index contributed by atoms with van der Waals surface area (Å²) in [5.41, 5.74) is 1.07. The zero-order chi connectivity index (χ0) is 23.8. The molecule has 11 heteroatoms. The van der Waals surface area contributed by atoms with Gasteiger partial charge in [-0.15, -0.1) is 11.3 Å². The summed E-state index contributed by atoms with van der Waals surface area (Å²) in [5.74, 6) is -0.817. The topological polar surface area (TPSA) is 97.6 Å². The molecule has 0 aliphatic carbocycles. The second-order valence-electron chi connectivity index (χ2n) is 8.50. The maximum atomic E-state index is 14.9. The first kappa shape index (κ1) is 22.5. The number of aromatic nitrogens is 5. The predicted molar refractivity (Wildman–Crippen MR) is 128 cm³/mol. The molecule has 0 amide bonds. The monoisotopic (exact) mass is 483 g/mol. The van der Waals surface area contributed by atoms with Crippen LogP contribution in [0, 0.1) is 11.6 Å². The fourth-order valence-corrected chi connectivity index (χ4v) is 5.03. The molecule has 1 aliphatic rings. The van der Waals surface area contributed by atoms with E-state index in [4.69, 9.17) is 0 Å². The normalized spacial score (nSPS) is 14.7. The lowest BCUT2D eigenvalue weighted by Crippen LogP contribution is -2.26. The van der Waals surface area contributed by atoms with Crippen LogP contribution in [0.1, 0.15) is 44.3 Å². The van der Waals surface area contributed by atoms with Crippen LogP contribution in [0.3, 0.4) is 0 Å². The Kier molecular flexibility index (Phi) is 6.05. The van der Waals surface area contributed by atoms with Crippen molar-refractivity contribution in [3.8, 4) is 11.3 Å². The van der Waals surface area contributed by atoms with Crippen molar-refractivity contribution in [3.63, 3.8) is 0 Å². The highest BCUT2D eigenvalue weighted by Crippen LogP contribution is 2.31. The number of rotatable bonds is 5. The number of nitrogens with one attached hydrogen (secondary N) is 2. The van der Waals surface area contributed by atoms with E-state index in [2.05, 4.69) is 30.6 Å². The van der Waals surface area contributed by atoms with Crippen LogP contribution in [0.4, 0.5) is 19.9 Å². The number of piperidine rings is 1. The van der Waals surface area contributed by atoms with Gasteiger partial charge in [-0.2, -0.15) is 0 Å². The van der Waals surface area contributed by atoms with Gasteiger partial charge in [0.25, 0.3) is 5.56 Å². The van der Waals surface area contributed by atoms with Crippen molar-refractivity contribution in [1.29, 1.82) is 0 Å². The number of thiazole rings is 1. The van der Waals surface area contributed by atoms with Gasteiger partial charge in [-0.1, -0.05) is 0 Å². The molecule has 1 saturated heterocycles. The van der Waals surface area contributed by atoms with Crippen molar-refractivity contribution < 1.29 is 8.78 Å². The lowest BCUT2D eigenvalue weighted by atomic mass is 9.96. The van der Waals surface area contributed by atoms with E-state index in [9.17, 15) is 13.6 Å². The number of halogens is 2. The third-order valence-electron chi connectivity index (χ3n) is 5.88. The van der Waals surface area contributed by atoms with E-state index in [1.54, 1.807) is 0 Å². The second kappa shape index (κ2) is 9.15. The van der Waals surface area contributed by atoms with Gasteiger partial charge >= 0.3 is 0 Å². The number of hydrogen-bond acceptors (Lipinski definition) is 8. The standard InChI is InChI=1S/C23H23F2N7OS/c1-12(2)32-18-8-14(7-15(24)21(18)27-10-19(32)33)20-16(25)9-28-22(30-20)31-23-29-17(11-34-23)13-3-5-26-6-4-13/h7-13,26H,3-6H2,1-2H3,(H,28,29,30,31). The van der Waals surface area contributed by atoms with Crippen molar-refractivity contribution in [2.24, 2.45) is 0 Å². The molecule has 0 spiro atoms. The predicted octanol–water partition coefficient (Wildman–Crippen LogP) is 4.38. The number of nitrogens with zero attached hydrogens (tertiary/aromatic N) is 5. The van der Waals surface area contributed by atoms with Gasteiger partial charge in [-0.3, -0.25) is 4.79 Å². The zero-order valence-electron chi connectivity index (χ0n) is 18.7. The summed E-state index contributed by atoms with van der Waals surface area (Å²) in [4.78, 5) is 29.2. The molecule has 0 unspecified atom stereocenters. The summed E-state index contributed by atoms with van der Waals surface area (Å²) in [7, 11) is 0. The number of fused-ring (bicyclic) bond motifs is 1.